The van der Waals surface area contributed by atoms with Crippen molar-refractivity contribution < 1.29 is 24.2 Å². The average molecular weight is 398 g/mol. The van der Waals surface area contributed by atoms with E-state index in [0.29, 0.717) is 31.6 Å². The number of benzene rings is 2. The van der Waals surface area contributed by atoms with E-state index >= 15 is 0 Å². The van der Waals surface area contributed by atoms with Gasteiger partial charge in [0.05, 0.1) is 12.6 Å². The summed E-state index contributed by atoms with van der Waals surface area (Å²) in [4.78, 5) is 26.3. The fraction of sp³-hybridized carbons (Fsp3) is 0.364. The van der Waals surface area contributed by atoms with Crippen molar-refractivity contribution in [1.29, 1.82) is 0 Å². The van der Waals surface area contributed by atoms with Crippen LogP contribution in [-0.2, 0) is 16.1 Å². The molecule has 0 spiro atoms. The number of amides is 2. The Hall–Kier alpha value is -3.06. The van der Waals surface area contributed by atoms with E-state index in [-0.39, 0.29) is 36.4 Å². The highest BCUT2D eigenvalue weighted by atomic mass is 16.6. The zero-order valence-electron chi connectivity index (χ0n) is 16.4. The van der Waals surface area contributed by atoms with Crippen molar-refractivity contribution in [2.45, 2.75) is 19.1 Å². The van der Waals surface area contributed by atoms with E-state index in [1.54, 1.807) is 24.1 Å². The molecule has 29 heavy (non-hydrogen) atoms. The Morgan fingerprint density at radius 2 is 1.86 bits per heavy atom. The van der Waals surface area contributed by atoms with Gasteiger partial charge in [0.25, 0.3) is 5.91 Å². The third kappa shape index (κ3) is 5.71. The monoisotopic (exact) mass is 398 g/mol. The molecule has 0 saturated carbocycles. The van der Waals surface area contributed by atoms with Gasteiger partial charge in [-0.2, -0.15) is 0 Å². The molecule has 1 saturated heterocycles. The molecule has 0 radical (unpaired) electrons. The highest BCUT2D eigenvalue weighted by Gasteiger charge is 2.32. The minimum absolute atomic E-state index is 0.0965. The van der Waals surface area contributed by atoms with Gasteiger partial charge in [-0.1, -0.05) is 30.3 Å². The molecule has 154 valence electrons. The van der Waals surface area contributed by atoms with Crippen molar-refractivity contribution in [3.05, 3.63) is 65.7 Å². The lowest BCUT2D eigenvalue weighted by molar-refractivity contribution is -0.0122. The number of nitrogens with zero attached hydrogens (tertiary/aromatic N) is 1. The van der Waals surface area contributed by atoms with Gasteiger partial charge in [0.15, 0.2) is 0 Å². The third-order valence-corrected chi connectivity index (χ3v) is 5.12. The Bertz CT molecular complexity index is 810. The Balaban J connectivity index is 1.47. The Labute approximate surface area is 170 Å². The van der Waals surface area contributed by atoms with Crippen molar-refractivity contribution in [3.63, 3.8) is 0 Å². The van der Waals surface area contributed by atoms with Crippen LogP contribution in [0.25, 0.3) is 0 Å². The SMILES string of the molecule is COC1CN(C(=O)OCc2ccccc2)CCC1CNC(=O)c1ccc(O)cc1. The molecule has 1 aliphatic rings. The average Bonchev–Trinajstić information content (AvgIpc) is 2.76. The number of hydrogen-bond donors (Lipinski definition) is 2. The second kappa shape index (κ2) is 9.93. The maximum absolute atomic E-state index is 12.4. The Morgan fingerprint density at radius 3 is 2.55 bits per heavy atom. The molecule has 2 atom stereocenters. The van der Waals surface area contributed by atoms with Crippen LogP contribution in [0.3, 0.4) is 0 Å². The zero-order valence-corrected chi connectivity index (χ0v) is 16.4. The van der Waals surface area contributed by atoms with E-state index in [0.717, 1.165) is 5.56 Å². The van der Waals surface area contributed by atoms with E-state index in [9.17, 15) is 14.7 Å². The van der Waals surface area contributed by atoms with Crippen LogP contribution in [0.1, 0.15) is 22.3 Å². The van der Waals surface area contributed by atoms with Crippen molar-refractivity contribution in [2.75, 3.05) is 26.7 Å². The maximum Gasteiger partial charge on any atom is 0.410 e. The van der Waals surface area contributed by atoms with E-state index in [2.05, 4.69) is 5.32 Å². The molecule has 2 amide bonds. The first-order valence-electron chi connectivity index (χ1n) is 9.62. The van der Waals surface area contributed by atoms with Crippen LogP contribution in [0.15, 0.2) is 54.6 Å². The number of likely N-dealkylation sites (tertiary alicyclic amines) is 1. The maximum atomic E-state index is 12.4. The first-order chi connectivity index (χ1) is 14.1. The number of phenolic OH excluding ortho intramolecular Hbond substituents is 1. The fourth-order valence-electron chi connectivity index (χ4n) is 3.38. The van der Waals surface area contributed by atoms with Crippen molar-refractivity contribution >= 4 is 12.0 Å². The molecule has 1 heterocycles. The molecule has 2 aromatic carbocycles. The predicted molar refractivity (Wildman–Crippen MR) is 108 cm³/mol. The molecule has 2 unspecified atom stereocenters. The molecular weight excluding hydrogens is 372 g/mol. The van der Waals surface area contributed by atoms with E-state index in [1.165, 1.54) is 12.1 Å². The quantitative estimate of drug-likeness (QED) is 0.781. The van der Waals surface area contributed by atoms with Gasteiger partial charge in [-0.25, -0.2) is 4.79 Å². The summed E-state index contributed by atoms with van der Waals surface area (Å²) in [6.45, 7) is 1.65. The molecular formula is C22H26N2O5. The molecule has 0 bridgehead atoms. The number of phenols is 1. The zero-order chi connectivity index (χ0) is 20.6. The van der Waals surface area contributed by atoms with Crippen molar-refractivity contribution in [2.24, 2.45) is 5.92 Å². The topological polar surface area (TPSA) is 88.1 Å². The lowest BCUT2D eigenvalue weighted by atomic mass is 9.93. The van der Waals surface area contributed by atoms with E-state index < -0.39 is 0 Å². The number of methoxy groups -OCH3 is 1. The highest BCUT2D eigenvalue weighted by molar-refractivity contribution is 5.94. The summed E-state index contributed by atoms with van der Waals surface area (Å²) in [5, 5.41) is 12.2. The van der Waals surface area contributed by atoms with Crippen LogP contribution in [-0.4, -0.2) is 54.9 Å². The summed E-state index contributed by atoms with van der Waals surface area (Å²) in [5.74, 6) is 0.0105. The lowest BCUT2D eigenvalue weighted by Crippen LogP contribution is -2.50. The van der Waals surface area contributed by atoms with Crippen LogP contribution < -0.4 is 5.32 Å². The smallest absolute Gasteiger partial charge is 0.410 e. The molecule has 7 heteroatoms. The number of nitrogens with one attached hydrogen (secondary N) is 1. The minimum atomic E-state index is -0.359. The van der Waals surface area contributed by atoms with Crippen molar-refractivity contribution in [1.82, 2.24) is 10.2 Å². The molecule has 2 N–H and O–H groups in total. The second-order valence-corrected chi connectivity index (χ2v) is 7.07. The van der Waals surface area contributed by atoms with Gasteiger partial charge in [0, 0.05) is 31.7 Å². The number of hydrogen-bond acceptors (Lipinski definition) is 5. The summed E-state index contributed by atoms with van der Waals surface area (Å²) < 4.78 is 11.0. The molecule has 1 fully saturated rings. The normalized spacial score (nSPS) is 18.9. The fourth-order valence-corrected chi connectivity index (χ4v) is 3.38. The number of piperidine rings is 1. The van der Waals surface area contributed by atoms with Gasteiger partial charge in [-0.15, -0.1) is 0 Å². The predicted octanol–water partition coefficient (Wildman–Crippen LogP) is 2.80. The molecule has 7 nitrogen and oxygen atoms in total. The van der Waals surface area contributed by atoms with E-state index in [1.807, 2.05) is 30.3 Å². The number of aromatic hydroxyl groups is 1. The molecule has 3 rings (SSSR count). The summed E-state index contributed by atoms with van der Waals surface area (Å²) in [6, 6.07) is 15.7. The van der Waals surface area contributed by atoms with Crippen LogP contribution in [0.5, 0.6) is 5.75 Å². The summed E-state index contributed by atoms with van der Waals surface area (Å²) in [7, 11) is 1.61. The van der Waals surface area contributed by atoms with Gasteiger partial charge < -0.3 is 24.8 Å². The number of rotatable bonds is 6. The lowest BCUT2D eigenvalue weighted by Gasteiger charge is -2.37. The van der Waals surface area contributed by atoms with Crippen LogP contribution >= 0.6 is 0 Å². The molecule has 1 aliphatic heterocycles. The summed E-state index contributed by atoms with van der Waals surface area (Å²) in [5.41, 5.74) is 1.43. The van der Waals surface area contributed by atoms with Gasteiger partial charge >= 0.3 is 6.09 Å². The number of carbonyl (C=O) groups excluding carboxylic acids is 2. The third-order valence-electron chi connectivity index (χ3n) is 5.12. The highest BCUT2D eigenvalue weighted by Crippen LogP contribution is 2.21. The molecule has 0 aliphatic carbocycles. The summed E-state index contributed by atoms with van der Waals surface area (Å²) in [6.07, 6.45) is 0.157. The Kier molecular flexibility index (Phi) is 7.08. The van der Waals surface area contributed by atoms with Gasteiger partial charge in [-0.05, 0) is 36.2 Å². The van der Waals surface area contributed by atoms with Gasteiger partial charge in [0.1, 0.15) is 12.4 Å². The minimum Gasteiger partial charge on any atom is -0.508 e. The number of ether oxygens (including phenoxy) is 2. The van der Waals surface area contributed by atoms with Crippen LogP contribution in [0.4, 0.5) is 4.79 Å². The van der Waals surface area contributed by atoms with E-state index in [4.69, 9.17) is 9.47 Å². The van der Waals surface area contributed by atoms with Gasteiger partial charge in [0.2, 0.25) is 0 Å². The standard InChI is InChI=1S/C22H26N2O5/c1-28-20-14-24(22(27)29-15-16-5-3-2-4-6-16)12-11-18(20)13-23-21(26)17-7-9-19(25)10-8-17/h2-10,18,20,25H,11-15H2,1H3,(H,23,26). The van der Waals surface area contributed by atoms with Gasteiger partial charge in [-0.3, -0.25) is 4.79 Å². The first-order valence-corrected chi connectivity index (χ1v) is 9.62. The molecule has 0 aromatic heterocycles. The molecule has 2 aromatic rings. The largest absolute Gasteiger partial charge is 0.508 e. The van der Waals surface area contributed by atoms with Crippen LogP contribution in [0.2, 0.25) is 0 Å². The van der Waals surface area contributed by atoms with Crippen LogP contribution in [0, 0.1) is 5.92 Å². The number of carbonyl (C=O) groups is 2. The Morgan fingerprint density at radius 1 is 1.14 bits per heavy atom. The second-order valence-electron chi connectivity index (χ2n) is 7.07. The first kappa shape index (κ1) is 20.7. The van der Waals surface area contributed by atoms with Crippen molar-refractivity contribution in [3.8, 4) is 5.75 Å². The summed E-state index contributed by atoms with van der Waals surface area (Å²) >= 11 is 0.